The van der Waals surface area contributed by atoms with Crippen molar-refractivity contribution < 1.29 is 22.7 Å². The number of halogens is 4. The van der Waals surface area contributed by atoms with E-state index in [-0.39, 0.29) is 16.6 Å². The molecule has 0 bridgehead atoms. The van der Waals surface area contributed by atoms with E-state index in [2.05, 4.69) is 25.7 Å². The molecule has 0 saturated heterocycles. The standard InChI is InChI=1S/C9H7BrF3NO2/c1-2-16-8(15)5-3-6(10)7(14-4-5)9(11,12)13/h3-4H,2H2,1H3. The summed E-state index contributed by atoms with van der Waals surface area (Å²) in [4.78, 5) is 14.4. The van der Waals surface area contributed by atoms with Gasteiger partial charge in [0.15, 0.2) is 5.69 Å². The number of carbonyl (C=O) groups is 1. The van der Waals surface area contributed by atoms with Crippen molar-refractivity contribution in [1.82, 2.24) is 4.98 Å². The van der Waals surface area contributed by atoms with Gasteiger partial charge in [0, 0.05) is 10.7 Å². The molecule has 0 amide bonds. The van der Waals surface area contributed by atoms with Gasteiger partial charge < -0.3 is 4.74 Å². The Morgan fingerprint density at radius 2 is 2.19 bits per heavy atom. The molecule has 0 N–H and O–H groups in total. The minimum Gasteiger partial charge on any atom is -0.462 e. The number of ether oxygens (including phenoxy) is 1. The maximum atomic E-state index is 12.3. The average Bonchev–Trinajstić information content (AvgIpc) is 2.16. The minimum atomic E-state index is -4.55. The smallest absolute Gasteiger partial charge is 0.434 e. The lowest BCUT2D eigenvalue weighted by Crippen LogP contribution is -2.11. The third-order valence-electron chi connectivity index (χ3n) is 1.62. The van der Waals surface area contributed by atoms with E-state index in [0.29, 0.717) is 0 Å². The molecule has 0 saturated carbocycles. The van der Waals surface area contributed by atoms with E-state index in [1.165, 1.54) is 0 Å². The van der Waals surface area contributed by atoms with E-state index in [9.17, 15) is 18.0 Å². The van der Waals surface area contributed by atoms with Gasteiger partial charge in [-0.2, -0.15) is 13.2 Å². The van der Waals surface area contributed by atoms with E-state index >= 15 is 0 Å². The molecule has 0 fully saturated rings. The maximum Gasteiger partial charge on any atom is 0.434 e. The van der Waals surface area contributed by atoms with Crippen molar-refractivity contribution >= 4 is 21.9 Å². The number of esters is 1. The zero-order chi connectivity index (χ0) is 12.3. The number of pyridine rings is 1. The van der Waals surface area contributed by atoms with Crippen LogP contribution in [0.4, 0.5) is 13.2 Å². The van der Waals surface area contributed by atoms with Crippen LogP contribution in [0.15, 0.2) is 16.7 Å². The van der Waals surface area contributed by atoms with Gasteiger partial charge in [-0.1, -0.05) is 0 Å². The molecule has 0 aromatic carbocycles. The van der Waals surface area contributed by atoms with Crippen molar-refractivity contribution in [3.05, 3.63) is 28.0 Å². The summed E-state index contributed by atoms with van der Waals surface area (Å²) in [5.41, 5.74) is -1.10. The summed E-state index contributed by atoms with van der Waals surface area (Å²) < 4.78 is 41.3. The van der Waals surface area contributed by atoms with Gasteiger partial charge in [-0.25, -0.2) is 9.78 Å². The molecule has 0 unspecified atom stereocenters. The first-order valence-electron chi connectivity index (χ1n) is 4.26. The first kappa shape index (κ1) is 13.0. The number of rotatable bonds is 2. The number of alkyl halides is 3. The fraction of sp³-hybridized carbons (Fsp3) is 0.333. The molecule has 0 aliphatic carbocycles. The summed E-state index contributed by atoms with van der Waals surface area (Å²) in [6.07, 6.45) is -3.71. The molecule has 0 aliphatic rings. The summed E-state index contributed by atoms with van der Waals surface area (Å²) in [7, 11) is 0. The quantitative estimate of drug-likeness (QED) is 0.788. The van der Waals surface area contributed by atoms with Crippen molar-refractivity contribution in [2.75, 3.05) is 6.61 Å². The van der Waals surface area contributed by atoms with Crippen LogP contribution in [0, 0.1) is 0 Å². The Bertz CT molecular complexity index is 406. The molecule has 0 radical (unpaired) electrons. The number of aromatic nitrogens is 1. The van der Waals surface area contributed by atoms with Gasteiger partial charge in [-0.15, -0.1) is 0 Å². The van der Waals surface area contributed by atoms with Crippen molar-refractivity contribution in [2.45, 2.75) is 13.1 Å². The summed E-state index contributed by atoms with van der Waals surface area (Å²) in [5, 5.41) is 0. The lowest BCUT2D eigenvalue weighted by atomic mass is 10.2. The first-order chi connectivity index (χ1) is 7.36. The second-order valence-electron chi connectivity index (χ2n) is 2.77. The summed E-state index contributed by atoms with van der Waals surface area (Å²) in [6, 6.07) is 1.04. The van der Waals surface area contributed by atoms with Crippen LogP contribution >= 0.6 is 15.9 Å². The van der Waals surface area contributed by atoms with Crippen molar-refractivity contribution in [2.24, 2.45) is 0 Å². The Morgan fingerprint density at radius 1 is 1.56 bits per heavy atom. The highest BCUT2D eigenvalue weighted by atomic mass is 79.9. The van der Waals surface area contributed by atoms with Gasteiger partial charge in [0.2, 0.25) is 0 Å². The number of carbonyl (C=O) groups excluding carboxylic acids is 1. The molecule has 0 atom stereocenters. The highest BCUT2D eigenvalue weighted by Crippen LogP contribution is 2.33. The van der Waals surface area contributed by atoms with Crippen LogP contribution < -0.4 is 0 Å². The van der Waals surface area contributed by atoms with Crippen molar-refractivity contribution in [3.63, 3.8) is 0 Å². The van der Waals surface area contributed by atoms with Gasteiger partial charge in [0.05, 0.1) is 12.2 Å². The lowest BCUT2D eigenvalue weighted by molar-refractivity contribution is -0.141. The molecular formula is C9H7BrF3NO2. The van der Waals surface area contributed by atoms with Crippen molar-refractivity contribution in [1.29, 1.82) is 0 Å². The molecule has 16 heavy (non-hydrogen) atoms. The van der Waals surface area contributed by atoms with E-state index in [1.54, 1.807) is 6.92 Å². The third-order valence-corrected chi connectivity index (χ3v) is 2.23. The first-order valence-corrected chi connectivity index (χ1v) is 5.05. The molecule has 0 aliphatic heterocycles. The third kappa shape index (κ3) is 2.94. The Hall–Kier alpha value is -1.11. The van der Waals surface area contributed by atoms with Crippen LogP contribution in [-0.4, -0.2) is 17.6 Å². The normalized spacial score (nSPS) is 11.3. The van der Waals surface area contributed by atoms with Crippen LogP contribution in [-0.2, 0) is 10.9 Å². The van der Waals surface area contributed by atoms with Gasteiger partial charge in [0.1, 0.15) is 0 Å². The second-order valence-corrected chi connectivity index (χ2v) is 3.63. The van der Waals surface area contributed by atoms with Crippen molar-refractivity contribution in [3.8, 4) is 0 Å². The molecular weight excluding hydrogens is 291 g/mol. The van der Waals surface area contributed by atoms with E-state index in [4.69, 9.17) is 0 Å². The fourth-order valence-electron chi connectivity index (χ4n) is 0.973. The summed E-state index contributed by atoms with van der Waals surface area (Å²) in [6.45, 7) is 1.75. The Balaban J connectivity index is 3.05. The molecule has 0 spiro atoms. The molecule has 1 aromatic heterocycles. The second kappa shape index (κ2) is 4.82. The monoisotopic (exact) mass is 297 g/mol. The Morgan fingerprint density at radius 3 is 2.62 bits per heavy atom. The van der Waals surface area contributed by atoms with Crippen LogP contribution in [0.2, 0.25) is 0 Å². The number of hydrogen-bond donors (Lipinski definition) is 0. The van der Waals surface area contributed by atoms with Crippen LogP contribution in [0.5, 0.6) is 0 Å². The molecule has 1 heterocycles. The van der Waals surface area contributed by atoms with Crippen LogP contribution in [0.3, 0.4) is 0 Å². The van der Waals surface area contributed by atoms with Crippen LogP contribution in [0.1, 0.15) is 23.0 Å². The lowest BCUT2D eigenvalue weighted by Gasteiger charge is -2.08. The zero-order valence-corrected chi connectivity index (χ0v) is 9.72. The van der Waals surface area contributed by atoms with E-state index < -0.39 is 17.8 Å². The topological polar surface area (TPSA) is 39.2 Å². The SMILES string of the molecule is CCOC(=O)c1cnc(C(F)(F)F)c(Br)c1. The average molecular weight is 298 g/mol. The highest BCUT2D eigenvalue weighted by molar-refractivity contribution is 9.10. The molecule has 1 aromatic rings. The van der Waals surface area contributed by atoms with E-state index in [1.807, 2.05) is 0 Å². The zero-order valence-electron chi connectivity index (χ0n) is 8.14. The van der Waals surface area contributed by atoms with E-state index in [0.717, 1.165) is 12.3 Å². The van der Waals surface area contributed by atoms with Gasteiger partial charge in [-0.3, -0.25) is 0 Å². The van der Waals surface area contributed by atoms with Gasteiger partial charge in [-0.05, 0) is 28.9 Å². The van der Waals surface area contributed by atoms with Gasteiger partial charge >= 0.3 is 12.1 Å². The predicted octanol–water partition coefficient (Wildman–Crippen LogP) is 3.04. The summed E-state index contributed by atoms with van der Waals surface area (Å²) >= 11 is 2.71. The number of hydrogen-bond acceptors (Lipinski definition) is 3. The molecule has 3 nitrogen and oxygen atoms in total. The summed E-state index contributed by atoms with van der Waals surface area (Å²) in [5.74, 6) is -0.704. The highest BCUT2D eigenvalue weighted by Gasteiger charge is 2.35. The molecule has 7 heteroatoms. The number of nitrogens with zero attached hydrogens (tertiary/aromatic N) is 1. The fourth-order valence-corrected chi connectivity index (χ4v) is 1.55. The van der Waals surface area contributed by atoms with Crippen LogP contribution in [0.25, 0.3) is 0 Å². The predicted molar refractivity (Wildman–Crippen MR) is 52.9 cm³/mol. The molecule has 1 rings (SSSR count). The maximum absolute atomic E-state index is 12.3. The largest absolute Gasteiger partial charge is 0.462 e. The molecule has 88 valence electrons. The minimum absolute atomic E-state index is 0.0262. The Labute approximate surface area is 97.8 Å². The van der Waals surface area contributed by atoms with Gasteiger partial charge in [0.25, 0.3) is 0 Å². The Kier molecular flexibility index (Phi) is 3.90.